The van der Waals surface area contributed by atoms with Crippen molar-refractivity contribution in [2.75, 3.05) is 11.9 Å². The highest BCUT2D eigenvalue weighted by Crippen LogP contribution is 2.47. The molecule has 0 radical (unpaired) electrons. The summed E-state index contributed by atoms with van der Waals surface area (Å²) in [5, 5.41) is 16.2. The maximum atomic E-state index is 13.8. The van der Waals surface area contributed by atoms with E-state index < -0.39 is 73.9 Å². The topological polar surface area (TPSA) is 145 Å². The van der Waals surface area contributed by atoms with Crippen molar-refractivity contribution in [3.63, 3.8) is 0 Å². The van der Waals surface area contributed by atoms with Crippen molar-refractivity contribution in [2.24, 2.45) is 5.92 Å². The van der Waals surface area contributed by atoms with Gasteiger partial charge in [0.15, 0.2) is 0 Å². The van der Waals surface area contributed by atoms with Gasteiger partial charge >= 0.3 is 6.18 Å². The van der Waals surface area contributed by atoms with Gasteiger partial charge in [0, 0.05) is 24.6 Å². The number of amides is 3. The van der Waals surface area contributed by atoms with Crippen LogP contribution < -0.4 is 15.4 Å². The van der Waals surface area contributed by atoms with E-state index in [4.69, 9.17) is 0 Å². The molecule has 43 heavy (non-hydrogen) atoms. The average molecular weight is 627 g/mol. The molecule has 1 aromatic carbocycles. The van der Waals surface area contributed by atoms with Crippen LogP contribution in [-0.4, -0.2) is 71.2 Å². The van der Waals surface area contributed by atoms with Crippen molar-refractivity contribution in [2.45, 2.75) is 99.4 Å². The van der Waals surface area contributed by atoms with Crippen LogP contribution in [0.4, 0.5) is 18.9 Å². The van der Waals surface area contributed by atoms with Gasteiger partial charge in [0.1, 0.15) is 17.6 Å². The van der Waals surface area contributed by atoms with Crippen molar-refractivity contribution in [3.05, 3.63) is 42.0 Å². The fourth-order valence-corrected chi connectivity index (χ4v) is 7.15. The molecule has 10 nitrogen and oxygen atoms in total. The smallest absolute Gasteiger partial charge is 0.391 e. The normalized spacial score (nSPS) is 31.9. The second-order valence-electron chi connectivity index (χ2n) is 12.4. The number of carbonyl (C=O) groups is 3. The van der Waals surface area contributed by atoms with Gasteiger partial charge in [-0.05, 0) is 69.7 Å². The molecule has 2 heterocycles. The average Bonchev–Trinajstić information content (AvgIpc) is 3.81. The number of anilines is 1. The highest BCUT2D eigenvalue weighted by Gasteiger charge is 2.63. The molecule has 4 aliphatic rings. The predicted molar refractivity (Wildman–Crippen MR) is 151 cm³/mol. The molecule has 0 aromatic heterocycles. The van der Waals surface area contributed by atoms with Crippen molar-refractivity contribution in [1.82, 2.24) is 14.9 Å². The van der Waals surface area contributed by atoms with E-state index >= 15 is 0 Å². The number of aliphatic hydroxyl groups is 1. The van der Waals surface area contributed by atoms with E-state index in [1.807, 2.05) is 12.2 Å². The molecule has 1 aromatic rings. The Hall–Kier alpha value is -3.13. The zero-order valence-electron chi connectivity index (χ0n) is 23.8. The van der Waals surface area contributed by atoms with Crippen LogP contribution in [-0.2, 0) is 30.6 Å². The molecule has 5 rings (SSSR count). The number of hydrogen-bond acceptors (Lipinski definition) is 7. The molecular formula is C29H37F3N4O6S. The maximum absolute atomic E-state index is 13.8. The Kier molecular flexibility index (Phi) is 8.31. The quantitative estimate of drug-likeness (QED) is 0.368. The fourth-order valence-electron chi connectivity index (χ4n) is 5.83. The molecule has 3 fully saturated rings. The number of carbonyl (C=O) groups excluding carboxylic acids is 3. The maximum Gasteiger partial charge on any atom is 0.416 e. The van der Waals surface area contributed by atoms with Crippen molar-refractivity contribution >= 4 is 33.4 Å². The standard InChI is InChI=1S/C29H37F3N4O6S/c1-27(13-14-27)43(41,42)35-26(40)28-16-19(28)7-5-3-2-4-6-8-22(33-20-11-9-18(10-12-20)29(30,31)32)25(39)36-17-21(37)15-23(36)24(38)34-28/h5,7,9-12,19,21-23,33,37H,2-4,6,8,13-17H2,1H3,(H,34,38)(H,35,40)/b7-5-/t19-,21-,22+,23+,28-/m1/s1. The first-order chi connectivity index (χ1) is 20.2. The Morgan fingerprint density at radius 3 is 2.47 bits per heavy atom. The molecular weight excluding hydrogens is 589 g/mol. The largest absolute Gasteiger partial charge is 0.416 e. The van der Waals surface area contributed by atoms with E-state index in [1.54, 1.807) is 6.92 Å². The predicted octanol–water partition coefficient (Wildman–Crippen LogP) is 2.84. The van der Waals surface area contributed by atoms with E-state index in [0.29, 0.717) is 37.8 Å². The number of halogens is 3. The Balaban J connectivity index is 1.38. The van der Waals surface area contributed by atoms with Crippen LogP contribution >= 0.6 is 0 Å². The summed E-state index contributed by atoms with van der Waals surface area (Å²) < 4.78 is 65.9. The van der Waals surface area contributed by atoms with Crippen LogP contribution in [0.25, 0.3) is 0 Å². The van der Waals surface area contributed by atoms with Crippen LogP contribution in [0.1, 0.15) is 70.3 Å². The van der Waals surface area contributed by atoms with Crippen LogP contribution in [0.3, 0.4) is 0 Å². The Labute approximate surface area is 248 Å². The first-order valence-corrected chi connectivity index (χ1v) is 16.1. The number of allylic oxidation sites excluding steroid dienone is 1. The number of benzene rings is 1. The van der Waals surface area contributed by atoms with E-state index in [-0.39, 0.29) is 19.4 Å². The highest BCUT2D eigenvalue weighted by molar-refractivity contribution is 7.91. The monoisotopic (exact) mass is 626 g/mol. The van der Waals surface area contributed by atoms with Gasteiger partial charge in [-0.3, -0.25) is 19.1 Å². The summed E-state index contributed by atoms with van der Waals surface area (Å²) in [4.78, 5) is 42.1. The number of sulfonamides is 1. The summed E-state index contributed by atoms with van der Waals surface area (Å²) in [6.45, 7) is 1.41. The van der Waals surface area contributed by atoms with Crippen molar-refractivity contribution < 1.29 is 41.1 Å². The lowest BCUT2D eigenvalue weighted by Crippen LogP contribution is -2.58. The van der Waals surface area contributed by atoms with Gasteiger partial charge in [0.05, 0.1) is 16.4 Å². The zero-order chi connectivity index (χ0) is 31.2. The van der Waals surface area contributed by atoms with Crippen molar-refractivity contribution in [3.8, 4) is 0 Å². The van der Waals surface area contributed by atoms with E-state index in [2.05, 4.69) is 15.4 Å². The SMILES string of the molecule is CC1(S(=O)(=O)NC(=O)[C@@]23C[C@H]2/C=C\CCCCC[C@H](Nc2ccc(C(F)(F)F)cc2)C(=O)N2C[C@H](O)C[C@H]2C(=O)N3)CC1. The number of hydrogen-bond donors (Lipinski definition) is 4. The van der Waals surface area contributed by atoms with Crippen molar-refractivity contribution in [1.29, 1.82) is 0 Å². The molecule has 0 unspecified atom stereocenters. The number of fused-ring (bicyclic) bond motifs is 2. The first-order valence-electron chi connectivity index (χ1n) is 14.6. The third-order valence-electron chi connectivity index (χ3n) is 9.04. The fraction of sp³-hybridized carbons (Fsp3) is 0.621. The highest BCUT2D eigenvalue weighted by atomic mass is 32.2. The molecule has 0 spiro atoms. The molecule has 5 atom stereocenters. The molecule has 236 valence electrons. The van der Waals surface area contributed by atoms with Crippen LogP contribution in [0.15, 0.2) is 36.4 Å². The summed E-state index contributed by atoms with van der Waals surface area (Å²) in [5.41, 5.74) is -2.03. The Bertz CT molecular complexity index is 1400. The lowest BCUT2D eigenvalue weighted by atomic mass is 10.0. The summed E-state index contributed by atoms with van der Waals surface area (Å²) in [5.74, 6) is -2.45. The lowest BCUT2D eigenvalue weighted by Gasteiger charge is -2.30. The van der Waals surface area contributed by atoms with Gasteiger partial charge in [-0.25, -0.2) is 8.42 Å². The minimum atomic E-state index is -4.51. The van der Waals surface area contributed by atoms with Gasteiger partial charge in [-0.15, -0.1) is 0 Å². The van der Waals surface area contributed by atoms with Gasteiger partial charge in [0.2, 0.25) is 21.8 Å². The lowest BCUT2D eigenvalue weighted by molar-refractivity contribution is -0.140. The Morgan fingerprint density at radius 1 is 1.12 bits per heavy atom. The number of aliphatic hydroxyl groups excluding tert-OH is 1. The van der Waals surface area contributed by atoms with Crippen LogP contribution in [0.2, 0.25) is 0 Å². The minimum Gasteiger partial charge on any atom is -0.391 e. The summed E-state index contributed by atoms with van der Waals surface area (Å²) in [7, 11) is -3.96. The molecule has 4 N–H and O–H groups in total. The van der Waals surface area contributed by atoms with E-state index in [1.165, 1.54) is 17.0 Å². The van der Waals surface area contributed by atoms with Gasteiger partial charge in [0.25, 0.3) is 5.91 Å². The van der Waals surface area contributed by atoms with E-state index in [0.717, 1.165) is 25.0 Å². The van der Waals surface area contributed by atoms with Gasteiger partial charge in [-0.1, -0.05) is 25.0 Å². The number of nitrogens with one attached hydrogen (secondary N) is 3. The third-order valence-corrected chi connectivity index (χ3v) is 11.2. The van der Waals surface area contributed by atoms with Gasteiger partial charge in [-0.2, -0.15) is 13.2 Å². The zero-order valence-corrected chi connectivity index (χ0v) is 24.6. The first kappa shape index (κ1) is 31.3. The van der Waals surface area contributed by atoms with Crippen LogP contribution in [0.5, 0.6) is 0 Å². The number of nitrogens with zero attached hydrogens (tertiary/aromatic N) is 1. The third kappa shape index (κ3) is 6.54. The second kappa shape index (κ2) is 11.4. The molecule has 2 saturated carbocycles. The number of alkyl halides is 3. The molecule has 0 bridgehead atoms. The second-order valence-corrected chi connectivity index (χ2v) is 14.6. The summed E-state index contributed by atoms with van der Waals surface area (Å²) in [6.07, 6.45) is 2.31. The molecule has 14 heteroatoms. The van der Waals surface area contributed by atoms with E-state index in [9.17, 15) is 41.1 Å². The minimum absolute atomic E-state index is 0.0842. The Morgan fingerprint density at radius 2 is 1.81 bits per heavy atom. The molecule has 1 saturated heterocycles. The summed E-state index contributed by atoms with van der Waals surface area (Å²) >= 11 is 0. The molecule has 2 aliphatic carbocycles. The van der Waals surface area contributed by atoms with Gasteiger partial charge < -0.3 is 20.6 Å². The summed E-state index contributed by atoms with van der Waals surface area (Å²) in [6, 6.07) is 2.31. The van der Waals surface area contributed by atoms with Crippen LogP contribution in [0, 0.1) is 5.92 Å². The molecule has 3 amide bonds. The molecule has 2 aliphatic heterocycles. The number of rotatable bonds is 5.